The van der Waals surface area contributed by atoms with Gasteiger partial charge in [-0.1, -0.05) is 30.4 Å². The van der Waals surface area contributed by atoms with Gasteiger partial charge in [-0.3, -0.25) is 20.2 Å². The number of hydrogen-bond donors (Lipinski definition) is 3. The largest absolute Gasteiger partial charge is 0.508 e. The van der Waals surface area contributed by atoms with E-state index < -0.39 is 23.8 Å². The second kappa shape index (κ2) is 7.21. The molecule has 7 nitrogen and oxygen atoms in total. The fourth-order valence-electron chi connectivity index (χ4n) is 2.72. The van der Waals surface area contributed by atoms with Crippen LogP contribution >= 0.6 is 0 Å². The summed E-state index contributed by atoms with van der Waals surface area (Å²) in [4.78, 5) is 34.6. The van der Waals surface area contributed by atoms with Crippen LogP contribution in [0.1, 0.15) is 12.0 Å². The highest BCUT2D eigenvalue weighted by atomic mass is 16.5. The fourth-order valence-corrected chi connectivity index (χ4v) is 2.72. The first-order valence-corrected chi connectivity index (χ1v) is 7.96. The molecule has 1 unspecified atom stereocenters. The second-order valence-corrected chi connectivity index (χ2v) is 5.97. The first-order chi connectivity index (χ1) is 12.0. The lowest BCUT2D eigenvalue weighted by molar-refractivity contribution is -0.135. The number of barbiturate groups is 1. The van der Waals surface area contributed by atoms with E-state index in [0.717, 1.165) is 6.42 Å². The van der Waals surface area contributed by atoms with Crippen molar-refractivity contribution in [3.63, 3.8) is 0 Å². The molecule has 3 N–H and O–H groups in total. The summed E-state index contributed by atoms with van der Waals surface area (Å²) in [6, 6.07) is 3.92. The van der Waals surface area contributed by atoms with Crippen LogP contribution in [-0.2, 0) is 16.0 Å². The SMILES string of the molecule is O=C1NC(=O)C(Cc2ccc(OCC3C=CC=CC3)cc2O)C(=O)N1. The number of benzene rings is 1. The van der Waals surface area contributed by atoms with Gasteiger partial charge >= 0.3 is 6.03 Å². The predicted octanol–water partition coefficient (Wildman–Crippen LogP) is 1.43. The number of phenols is 1. The molecule has 4 amide bonds. The molecule has 0 aromatic heterocycles. The molecule has 7 heteroatoms. The second-order valence-electron chi connectivity index (χ2n) is 5.97. The van der Waals surface area contributed by atoms with E-state index in [4.69, 9.17) is 4.74 Å². The number of nitrogens with one attached hydrogen (secondary N) is 2. The van der Waals surface area contributed by atoms with Gasteiger partial charge in [0.05, 0.1) is 6.61 Å². The van der Waals surface area contributed by atoms with Gasteiger partial charge in [-0.05, 0) is 24.5 Å². The third-order valence-corrected chi connectivity index (χ3v) is 4.12. The van der Waals surface area contributed by atoms with Gasteiger partial charge < -0.3 is 9.84 Å². The van der Waals surface area contributed by atoms with Crippen molar-refractivity contribution in [3.8, 4) is 11.5 Å². The van der Waals surface area contributed by atoms with Crippen molar-refractivity contribution >= 4 is 17.8 Å². The van der Waals surface area contributed by atoms with E-state index in [-0.39, 0.29) is 12.2 Å². The molecule has 25 heavy (non-hydrogen) atoms. The number of carbonyl (C=O) groups is 3. The smallest absolute Gasteiger partial charge is 0.328 e. The molecule has 1 aromatic rings. The van der Waals surface area contributed by atoms with Crippen molar-refractivity contribution in [3.05, 3.63) is 48.1 Å². The van der Waals surface area contributed by atoms with Gasteiger partial charge in [0.2, 0.25) is 11.8 Å². The van der Waals surface area contributed by atoms with Crippen LogP contribution in [0.25, 0.3) is 0 Å². The summed E-state index contributed by atoms with van der Waals surface area (Å²) in [6.45, 7) is 0.495. The van der Waals surface area contributed by atoms with E-state index >= 15 is 0 Å². The third kappa shape index (κ3) is 4.06. The minimum Gasteiger partial charge on any atom is -0.508 e. The zero-order valence-electron chi connectivity index (χ0n) is 13.4. The average molecular weight is 342 g/mol. The van der Waals surface area contributed by atoms with E-state index in [1.165, 1.54) is 6.07 Å². The Balaban J connectivity index is 1.62. The van der Waals surface area contributed by atoms with Crippen molar-refractivity contribution in [2.24, 2.45) is 11.8 Å². The van der Waals surface area contributed by atoms with E-state index in [0.29, 0.717) is 23.8 Å². The van der Waals surface area contributed by atoms with Crippen LogP contribution in [0, 0.1) is 11.8 Å². The van der Waals surface area contributed by atoms with Gasteiger partial charge in [0.25, 0.3) is 0 Å². The highest BCUT2D eigenvalue weighted by molar-refractivity contribution is 6.16. The molecule has 2 aliphatic rings. The van der Waals surface area contributed by atoms with Gasteiger partial charge in [-0.15, -0.1) is 0 Å². The molecule has 0 bridgehead atoms. The average Bonchev–Trinajstić information content (AvgIpc) is 2.58. The first-order valence-electron chi connectivity index (χ1n) is 7.96. The Hall–Kier alpha value is -3.09. The van der Waals surface area contributed by atoms with Crippen molar-refractivity contribution in [1.82, 2.24) is 10.6 Å². The number of allylic oxidation sites excluding steroid dienone is 3. The van der Waals surface area contributed by atoms with Crippen molar-refractivity contribution in [2.75, 3.05) is 6.61 Å². The number of hydrogen-bond acceptors (Lipinski definition) is 5. The Labute approximate surface area is 144 Å². The van der Waals surface area contributed by atoms with Gasteiger partial charge in [0, 0.05) is 12.0 Å². The van der Waals surface area contributed by atoms with Crippen LogP contribution in [0.5, 0.6) is 11.5 Å². The highest BCUT2D eigenvalue weighted by Crippen LogP contribution is 2.27. The van der Waals surface area contributed by atoms with E-state index in [9.17, 15) is 19.5 Å². The molecule has 1 saturated heterocycles. The monoisotopic (exact) mass is 342 g/mol. The Morgan fingerprint density at radius 3 is 2.52 bits per heavy atom. The zero-order valence-corrected chi connectivity index (χ0v) is 13.4. The standard InChI is InChI=1S/C18H18N2O5/c21-15-9-13(25-10-11-4-2-1-3-5-11)7-6-12(15)8-14-16(22)19-18(24)20-17(14)23/h1-4,6-7,9,11,14,21H,5,8,10H2,(H2,19,20,22,23,24). The molecule has 3 rings (SSSR count). The van der Waals surface area contributed by atoms with Crippen molar-refractivity contribution < 1.29 is 24.2 Å². The molecule has 1 heterocycles. The maximum atomic E-state index is 11.8. The Kier molecular flexibility index (Phi) is 4.83. The normalized spacial score (nSPS) is 20.3. The van der Waals surface area contributed by atoms with E-state index in [1.807, 2.05) is 22.8 Å². The van der Waals surface area contributed by atoms with Crippen molar-refractivity contribution in [1.29, 1.82) is 0 Å². The highest BCUT2D eigenvalue weighted by Gasteiger charge is 2.34. The summed E-state index contributed by atoms with van der Waals surface area (Å²) in [7, 11) is 0. The van der Waals surface area contributed by atoms with Crippen LogP contribution in [-0.4, -0.2) is 29.6 Å². The first kappa shape index (κ1) is 16.8. The molecule has 0 radical (unpaired) electrons. The van der Waals surface area contributed by atoms with E-state index in [1.54, 1.807) is 12.1 Å². The summed E-state index contributed by atoms with van der Waals surface area (Å²) < 4.78 is 5.68. The van der Waals surface area contributed by atoms with Crippen molar-refractivity contribution in [2.45, 2.75) is 12.8 Å². The number of rotatable bonds is 5. The minimum atomic E-state index is -1.06. The van der Waals surface area contributed by atoms with Crippen LogP contribution in [0.3, 0.4) is 0 Å². The fraction of sp³-hybridized carbons (Fsp3) is 0.278. The summed E-state index contributed by atoms with van der Waals surface area (Å²) in [6.07, 6.45) is 9.00. The molecule has 1 atom stereocenters. The molecule has 1 fully saturated rings. The van der Waals surface area contributed by atoms with Crippen LogP contribution < -0.4 is 15.4 Å². The lowest BCUT2D eigenvalue weighted by atomic mass is 9.96. The lowest BCUT2D eigenvalue weighted by Gasteiger charge is -2.21. The molecule has 1 aromatic carbocycles. The number of ether oxygens (including phenoxy) is 1. The molecule has 1 aliphatic heterocycles. The Bertz CT molecular complexity index is 749. The number of urea groups is 1. The summed E-state index contributed by atoms with van der Waals surface area (Å²) in [5.74, 6) is -1.67. The van der Waals surface area contributed by atoms with Gasteiger partial charge in [-0.2, -0.15) is 0 Å². The Morgan fingerprint density at radius 2 is 1.88 bits per heavy atom. The van der Waals surface area contributed by atoms with E-state index in [2.05, 4.69) is 12.2 Å². The topological polar surface area (TPSA) is 105 Å². The number of phenolic OH excluding ortho intramolecular Hbond substituents is 1. The molecular formula is C18H18N2O5. The maximum Gasteiger partial charge on any atom is 0.328 e. The van der Waals surface area contributed by atoms with Crippen LogP contribution in [0.4, 0.5) is 4.79 Å². The number of aromatic hydroxyl groups is 1. The van der Waals surface area contributed by atoms with Gasteiger partial charge in [0.1, 0.15) is 17.4 Å². The lowest BCUT2D eigenvalue weighted by Crippen LogP contribution is -2.56. The maximum absolute atomic E-state index is 11.8. The number of carbonyl (C=O) groups excluding carboxylic acids is 3. The molecule has 1 aliphatic carbocycles. The molecule has 0 spiro atoms. The molecular weight excluding hydrogens is 324 g/mol. The number of imide groups is 2. The van der Waals surface area contributed by atoms with Crippen LogP contribution in [0.2, 0.25) is 0 Å². The molecule has 130 valence electrons. The summed E-state index contributed by atoms with van der Waals surface area (Å²) in [5.41, 5.74) is 0.428. The van der Waals surface area contributed by atoms with Gasteiger partial charge in [-0.25, -0.2) is 4.79 Å². The van der Waals surface area contributed by atoms with Crippen LogP contribution in [0.15, 0.2) is 42.5 Å². The zero-order chi connectivity index (χ0) is 17.8. The minimum absolute atomic E-state index is 0.00673. The third-order valence-electron chi connectivity index (χ3n) is 4.12. The molecule has 0 saturated carbocycles. The van der Waals surface area contributed by atoms with Gasteiger partial charge in [0.15, 0.2) is 0 Å². The quantitative estimate of drug-likeness (QED) is 0.702. The predicted molar refractivity (Wildman–Crippen MR) is 88.9 cm³/mol. The number of amides is 4. The Morgan fingerprint density at radius 1 is 1.12 bits per heavy atom. The summed E-state index contributed by atoms with van der Waals surface area (Å²) in [5, 5.41) is 14.2. The summed E-state index contributed by atoms with van der Waals surface area (Å²) >= 11 is 0.